The summed E-state index contributed by atoms with van der Waals surface area (Å²) in [5, 5.41) is 41.1. The van der Waals surface area contributed by atoms with Crippen LogP contribution >= 0.6 is 0 Å². The lowest BCUT2D eigenvalue weighted by molar-refractivity contribution is -0.135. The quantitative estimate of drug-likeness (QED) is 0.138. The van der Waals surface area contributed by atoms with Crippen LogP contribution in [0.5, 0.6) is 28.7 Å². The van der Waals surface area contributed by atoms with Gasteiger partial charge in [0.1, 0.15) is 22.5 Å². The van der Waals surface area contributed by atoms with E-state index in [1.807, 2.05) is 0 Å². The van der Waals surface area contributed by atoms with E-state index < -0.39 is 45.9 Å². The number of carbonyl (C=O) groups excluding carboxylic acids is 1. The summed E-state index contributed by atoms with van der Waals surface area (Å²) in [7, 11) is 0. The van der Waals surface area contributed by atoms with Gasteiger partial charge in [-0.15, -0.1) is 0 Å². The smallest absolute Gasteiger partial charge is 0.312 e. The Hall–Kier alpha value is -5.25. The Morgan fingerprint density at radius 1 is 0.865 bits per heavy atom. The molecule has 0 saturated heterocycles. The summed E-state index contributed by atoms with van der Waals surface area (Å²) in [5.74, 6) is -4.43. The summed E-state index contributed by atoms with van der Waals surface area (Å²) >= 11 is 0. The summed E-state index contributed by atoms with van der Waals surface area (Å²) in [4.78, 5) is 41.6. The lowest BCUT2D eigenvalue weighted by Crippen LogP contribution is -2.26. The van der Waals surface area contributed by atoms with Gasteiger partial charge >= 0.3 is 5.97 Å². The van der Waals surface area contributed by atoms with E-state index in [4.69, 9.17) is 9.15 Å². The lowest BCUT2D eigenvalue weighted by Gasteiger charge is -2.25. The molecule has 1 unspecified atom stereocenters. The Labute approximate surface area is 206 Å². The largest absolute Gasteiger partial charge is 0.507 e. The van der Waals surface area contributed by atoms with E-state index in [9.17, 15) is 34.8 Å². The van der Waals surface area contributed by atoms with Gasteiger partial charge in [-0.25, -0.2) is 0 Å². The van der Waals surface area contributed by atoms with Gasteiger partial charge in [0.25, 0.3) is 5.56 Å². The average Bonchev–Trinajstić information content (AvgIpc) is 2.86. The molecule has 2 aromatic heterocycles. The number of phenols is 3. The number of nitrogens with one attached hydrogen (secondary N) is 1. The van der Waals surface area contributed by atoms with E-state index >= 15 is 0 Å². The van der Waals surface area contributed by atoms with Gasteiger partial charge in [-0.2, -0.15) is 0 Å². The number of aromatic amines is 1. The topological polar surface area (TPSA) is 170 Å². The van der Waals surface area contributed by atoms with Crippen molar-refractivity contribution < 1.29 is 34.4 Å². The molecule has 0 fully saturated rings. The number of benzene rings is 3. The van der Waals surface area contributed by atoms with Crippen LogP contribution in [0, 0.1) is 0 Å². The molecule has 10 heteroatoms. The van der Waals surface area contributed by atoms with Gasteiger partial charge in [-0.3, -0.25) is 14.4 Å². The molecule has 184 valence electrons. The summed E-state index contributed by atoms with van der Waals surface area (Å²) in [6.45, 7) is 0. The summed E-state index contributed by atoms with van der Waals surface area (Å²) in [6.07, 6.45) is -0.256. The van der Waals surface area contributed by atoms with Crippen LogP contribution in [0.15, 0.2) is 68.6 Å². The molecule has 6 rings (SSSR count). The molecule has 3 heterocycles. The summed E-state index contributed by atoms with van der Waals surface area (Å²) in [6, 6.07) is 13.3. The Balaban J connectivity index is 1.69. The zero-order chi connectivity index (χ0) is 26.0. The van der Waals surface area contributed by atoms with E-state index in [-0.39, 0.29) is 45.6 Å². The van der Waals surface area contributed by atoms with Crippen LogP contribution in [-0.2, 0) is 4.79 Å². The summed E-state index contributed by atoms with van der Waals surface area (Å²) < 4.78 is 11.3. The molecule has 10 nitrogen and oxygen atoms in total. The second kappa shape index (κ2) is 7.89. The van der Waals surface area contributed by atoms with Crippen LogP contribution in [0.1, 0.15) is 23.5 Å². The van der Waals surface area contributed by atoms with Gasteiger partial charge < -0.3 is 34.6 Å². The van der Waals surface area contributed by atoms with E-state index in [1.165, 1.54) is 6.07 Å². The molecule has 1 atom stereocenters. The number of carbonyl (C=O) groups is 1. The number of ether oxygens (including phenoxy) is 1. The molecular weight excluding hydrogens is 482 g/mol. The van der Waals surface area contributed by atoms with Gasteiger partial charge in [-0.05, 0) is 35.7 Å². The standard InChI is InChI=1S/C27H17NO9/c29-16-6-5-12(8-17(16)30)25-24(34)23(33)22-18(31)10-19-21(26(22)37-25)13(9-20(32)36-19)14-7-11-3-1-2-4-15(11)28-27(14)35/h1-8,10,13,29-31,34H,9H2,(H,28,35). The fraction of sp³-hybridized carbons (Fsp3) is 0.0741. The fourth-order valence-corrected chi connectivity index (χ4v) is 4.73. The zero-order valence-electron chi connectivity index (χ0n) is 18.8. The molecule has 5 aromatic rings. The first-order chi connectivity index (χ1) is 17.7. The predicted molar refractivity (Wildman–Crippen MR) is 131 cm³/mol. The summed E-state index contributed by atoms with van der Waals surface area (Å²) in [5.41, 5.74) is -0.626. The van der Waals surface area contributed by atoms with Gasteiger partial charge in [-0.1, -0.05) is 18.2 Å². The Morgan fingerprint density at radius 3 is 2.43 bits per heavy atom. The number of H-pyrrole nitrogens is 1. The first-order valence-corrected chi connectivity index (χ1v) is 11.1. The average molecular weight is 499 g/mol. The molecule has 0 spiro atoms. The zero-order valence-corrected chi connectivity index (χ0v) is 18.8. The number of esters is 1. The SMILES string of the molecule is O=C1CC(c2cc3ccccc3[nH]c2=O)c2c(cc(O)c3c(=O)c(O)c(-c4ccc(O)c(O)c4)oc23)O1. The minimum absolute atomic E-state index is 0.0526. The minimum atomic E-state index is -0.979. The molecule has 0 bridgehead atoms. The van der Waals surface area contributed by atoms with Crippen LogP contribution in [0.25, 0.3) is 33.2 Å². The molecular formula is C27H17NO9. The van der Waals surface area contributed by atoms with Crippen LogP contribution < -0.4 is 15.7 Å². The number of rotatable bonds is 2. The van der Waals surface area contributed by atoms with Gasteiger partial charge in [0.05, 0.1) is 6.42 Å². The van der Waals surface area contributed by atoms with Gasteiger partial charge in [0.2, 0.25) is 11.2 Å². The first kappa shape index (κ1) is 22.2. The maximum absolute atomic E-state index is 13.2. The molecule has 0 radical (unpaired) electrons. The third-order valence-electron chi connectivity index (χ3n) is 6.46. The number of fused-ring (bicyclic) bond motifs is 4. The van der Waals surface area contributed by atoms with Crippen molar-refractivity contribution in [2.75, 3.05) is 0 Å². The molecule has 5 N–H and O–H groups in total. The van der Waals surface area contributed by atoms with E-state index in [0.29, 0.717) is 10.9 Å². The Morgan fingerprint density at radius 2 is 1.65 bits per heavy atom. The van der Waals surface area contributed by atoms with E-state index in [0.717, 1.165) is 18.2 Å². The molecule has 37 heavy (non-hydrogen) atoms. The molecule has 0 saturated carbocycles. The first-order valence-electron chi connectivity index (χ1n) is 11.1. The van der Waals surface area contributed by atoms with Gasteiger partial charge in [0, 0.05) is 34.2 Å². The molecule has 0 aliphatic carbocycles. The molecule has 3 aromatic carbocycles. The normalized spacial score (nSPS) is 15.0. The Bertz CT molecular complexity index is 1900. The highest BCUT2D eigenvalue weighted by molar-refractivity contribution is 5.94. The van der Waals surface area contributed by atoms with Crippen molar-refractivity contribution in [2.24, 2.45) is 0 Å². The number of pyridine rings is 1. The fourth-order valence-electron chi connectivity index (χ4n) is 4.73. The highest BCUT2D eigenvalue weighted by Crippen LogP contribution is 2.47. The monoisotopic (exact) mass is 499 g/mol. The maximum Gasteiger partial charge on any atom is 0.312 e. The highest BCUT2D eigenvalue weighted by Gasteiger charge is 2.35. The lowest BCUT2D eigenvalue weighted by atomic mass is 9.85. The van der Waals surface area contributed by atoms with Crippen molar-refractivity contribution in [3.8, 4) is 40.1 Å². The maximum atomic E-state index is 13.2. The van der Waals surface area contributed by atoms with Crippen molar-refractivity contribution in [1.82, 2.24) is 4.98 Å². The van der Waals surface area contributed by atoms with Crippen LogP contribution in [-0.4, -0.2) is 31.4 Å². The third-order valence-corrected chi connectivity index (χ3v) is 6.46. The second-order valence-corrected chi connectivity index (χ2v) is 8.70. The van der Waals surface area contributed by atoms with Crippen LogP contribution in [0.4, 0.5) is 0 Å². The van der Waals surface area contributed by atoms with Crippen LogP contribution in [0.3, 0.4) is 0 Å². The van der Waals surface area contributed by atoms with Crippen molar-refractivity contribution in [3.63, 3.8) is 0 Å². The third kappa shape index (κ3) is 3.38. The predicted octanol–water partition coefficient (Wildman–Crippen LogP) is 3.56. The number of phenolic OH excluding ortho intramolecular Hbond substituents is 3. The minimum Gasteiger partial charge on any atom is -0.507 e. The number of hydrogen-bond donors (Lipinski definition) is 5. The van der Waals surface area contributed by atoms with E-state index in [2.05, 4.69) is 4.98 Å². The van der Waals surface area contributed by atoms with Crippen molar-refractivity contribution >= 4 is 27.8 Å². The van der Waals surface area contributed by atoms with Crippen molar-refractivity contribution in [2.45, 2.75) is 12.3 Å². The number of para-hydroxylation sites is 1. The van der Waals surface area contributed by atoms with Crippen LogP contribution in [0.2, 0.25) is 0 Å². The van der Waals surface area contributed by atoms with Crippen molar-refractivity contribution in [3.05, 3.63) is 86.3 Å². The Kier molecular flexibility index (Phi) is 4.74. The number of aromatic nitrogens is 1. The number of aromatic hydroxyl groups is 4. The molecule has 1 aliphatic rings. The number of hydrogen-bond acceptors (Lipinski definition) is 9. The second-order valence-electron chi connectivity index (χ2n) is 8.70. The van der Waals surface area contributed by atoms with Crippen molar-refractivity contribution in [1.29, 1.82) is 0 Å². The van der Waals surface area contributed by atoms with E-state index in [1.54, 1.807) is 30.3 Å². The molecule has 1 aliphatic heterocycles. The van der Waals surface area contributed by atoms with Gasteiger partial charge in [0.15, 0.2) is 17.3 Å². The molecule has 0 amide bonds. The highest BCUT2D eigenvalue weighted by atomic mass is 16.5.